The van der Waals surface area contributed by atoms with Crippen LogP contribution in [0.15, 0.2) is 94.7 Å². The molecule has 0 radical (unpaired) electrons. The second-order valence-corrected chi connectivity index (χ2v) is 12.0. The summed E-state index contributed by atoms with van der Waals surface area (Å²) in [6.07, 6.45) is -9.88. The van der Waals surface area contributed by atoms with E-state index in [-0.39, 0.29) is 31.3 Å². The molecule has 4 aromatic rings. The molecule has 0 unspecified atom stereocenters. The van der Waals surface area contributed by atoms with Crippen LogP contribution < -0.4 is 8.61 Å². The number of fused-ring (bicyclic) bond motifs is 1. The van der Waals surface area contributed by atoms with Gasteiger partial charge in [-0.25, -0.2) is 8.42 Å². The Morgan fingerprint density at radius 1 is 0.659 bits per heavy atom. The number of carboxylic acid groups (broad SMARTS) is 2. The topological polar surface area (TPSA) is 115 Å². The quantitative estimate of drug-likeness (QED) is 0.142. The van der Waals surface area contributed by atoms with Crippen LogP contribution in [0, 0.1) is 0 Å². The Morgan fingerprint density at radius 3 is 1.70 bits per heavy atom. The largest absolute Gasteiger partial charge is 0.480 e. The zero-order chi connectivity index (χ0) is 32.4. The average Bonchev–Trinajstić information content (AvgIpc) is 2.94. The van der Waals surface area contributed by atoms with Crippen LogP contribution in [0.2, 0.25) is 0 Å². The SMILES string of the molecule is O=C(O)CN(Sc1ccccc1C(F)(F)F)c1ccc(N(CC(=O)O)S(=O)(=O)c2ccccc2C(F)(F)F)c2ccccc12. The van der Waals surface area contributed by atoms with Crippen molar-refractivity contribution < 1.29 is 54.6 Å². The van der Waals surface area contributed by atoms with Crippen LogP contribution in [-0.4, -0.2) is 43.7 Å². The first-order valence-corrected chi connectivity index (χ1v) is 14.5. The minimum absolute atomic E-state index is 0.0112. The van der Waals surface area contributed by atoms with Crippen molar-refractivity contribution in [1.29, 1.82) is 0 Å². The number of carboxylic acids is 2. The van der Waals surface area contributed by atoms with E-state index in [4.69, 9.17) is 0 Å². The Hall–Kier alpha value is -4.44. The van der Waals surface area contributed by atoms with Gasteiger partial charge in [0.25, 0.3) is 10.0 Å². The van der Waals surface area contributed by atoms with Crippen molar-refractivity contribution in [2.24, 2.45) is 0 Å². The van der Waals surface area contributed by atoms with Crippen molar-refractivity contribution in [3.8, 4) is 0 Å². The molecule has 0 amide bonds. The van der Waals surface area contributed by atoms with E-state index in [1.54, 1.807) is 0 Å². The molecule has 2 N–H and O–H groups in total. The number of hydrogen-bond donors (Lipinski definition) is 2. The van der Waals surface area contributed by atoms with Crippen LogP contribution in [0.5, 0.6) is 0 Å². The van der Waals surface area contributed by atoms with Gasteiger partial charge in [-0.1, -0.05) is 48.5 Å². The van der Waals surface area contributed by atoms with E-state index in [0.29, 0.717) is 24.1 Å². The van der Waals surface area contributed by atoms with Crippen LogP contribution in [0.4, 0.5) is 37.7 Å². The molecule has 232 valence electrons. The second kappa shape index (κ2) is 12.3. The molecule has 16 heteroatoms. The molecule has 8 nitrogen and oxygen atoms in total. The monoisotopic (exact) mass is 658 g/mol. The summed E-state index contributed by atoms with van der Waals surface area (Å²) < 4.78 is 111. The molecule has 44 heavy (non-hydrogen) atoms. The molecule has 0 aromatic heterocycles. The number of alkyl halides is 6. The number of sulfonamides is 1. The van der Waals surface area contributed by atoms with Gasteiger partial charge < -0.3 is 14.5 Å². The molecule has 0 aliphatic heterocycles. The Morgan fingerprint density at radius 2 is 1.14 bits per heavy atom. The summed E-state index contributed by atoms with van der Waals surface area (Å²) in [5, 5.41) is 19.2. The smallest absolute Gasteiger partial charge is 0.417 e. The van der Waals surface area contributed by atoms with Gasteiger partial charge in [0.15, 0.2) is 0 Å². The van der Waals surface area contributed by atoms with Crippen LogP contribution >= 0.6 is 11.9 Å². The van der Waals surface area contributed by atoms with E-state index in [2.05, 4.69) is 0 Å². The predicted octanol–water partition coefficient (Wildman–Crippen LogP) is 6.76. The number of halogens is 6. The summed E-state index contributed by atoms with van der Waals surface area (Å²) in [6, 6.07) is 15.5. The number of carbonyl (C=O) groups is 2. The van der Waals surface area contributed by atoms with E-state index in [9.17, 15) is 54.6 Å². The molecule has 0 aliphatic rings. The van der Waals surface area contributed by atoms with E-state index in [0.717, 1.165) is 46.8 Å². The van der Waals surface area contributed by atoms with Gasteiger partial charge in [-0.15, -0.1) is 0 Å². The van der Waals surface area contributed by atoms with Gasteiger partial charge in [0.1, 0.15) is 13.1 Å². The Bertz CT molecular complexity index is 1830. The number of aliphatic carboxylic acids is 2. The summed E-state index contributed by atoms with van der Waals surface area (Å²) in [5.74, 6) is -3.12. The maximum Gasteiger partial charge on any atom is 0.417 e. The molecular weight excluding hydrogens is 638 g/mol. The number of benzene rings is 4. The molecule has 0 fully saturated rings. The molecule has 0 saturated carbocycles. The Kier molecular flexibility index (Phi) is 9.06. The van der Waals surface area contributed by atoms with Gasteiger partial charge in [0, 0.05) is 15.7 Å². The lowest BCUT2D eigenvalue weighted by atomic mass is 10.1. The molecule has 0 aliphatic carbocycles. The first-order valence-electron chi connectivity index (χ1n) is 12.3. The van der Waals surface area contributed by atoms with E-state index < -0.39 is 63.4 Å². The third kappa shape index (κ3) is 6.86. The molecule has 0 bridgehead atoms. The normalized spacial score (nSPS) is 12.2. The van der Waals surface area contributed by atoms with E-state index in [1.807, 2.05) is 0 Å². The highest BCUT2D eigenvalue weighted by atomic mass is 32.2. The molecule has 0 spiro atoms. The fourth-order valence-electron chi connectivity index (χ4n) is 4.36. The third-order valence-corrected chi connectivity index (χ3v) is 9.05. The van der Waals surface area contributed by atoms with Gasteiger partial charge in [0.05, 0.1) is 27.4 Å². The summed E-state index contributed by atoms with van der Waals surface area (Å²) >= 11 is 0.452. The lowest BCUT2D eigenvalue weighted by Gasteiger charge is -2.28. The van der Waals surface area contributed by atoms with Crippen molar-refractivity contribution in [3.63, 3.8) is 0 Å². The molecule has 4 aromatic carbocycles. The van der Waals surface area contributed by atoms with Crippen LogP contribution in [0.3, 0.4) is 0 Å². The highest BCUT2D eigenvalue weighted by Crippen LogP contribution is 2.43. The van der Waals surface area contributed by atoms with Crippen LogP contribution in [-0.2, 0) is 32.0 Å². The first kappa shape index (κ1) is 32.5. The number of anilines is 2. The van der Waals surface area contributed by atoms with Crippen molar-refractivity contribution >= 4 is 56.1 Å². The Labute approximate surface area is 250 Å². The minimum Gasteiger partial charge on any atom is -0.480 e. The molecule has 0 saturated heterocycles. The Balaban J connectivity index is 1.92. The molecule has 0 atom stereocenters. The highest BCUT2D eigenvalue weighted by Gasteiger charge is 2.40. The van der Waals surface area contributed by atoms with Gasteiger partial charge in [-0.2, -0.15) is 26.3 Å². The second-order valence-electron chi connectivity index (χ2n) is 9.06. The number of rotatable bonds is 10. The maximum absolute atomic E-state index is 13.8. The first-order chi connectivity index (χ1) is 20.5. The molecule has 0 heterocycles. The number of nitrogens with zero attached hydrogens (tertiary/aromatic N) is 2. The third-order valence-electron chi connectivity index (χ3n) is 6.13. The van der Waals surface area contributed by atoms with Gasteiger partial charge in [-0.05, 0) is 48.3 Å². The number of hydrogen-bond acceptors (Lipinski definition) is 6. The van der Waals surface area contributed by atoms with Gasteiger partial charge in [0.2, 0.25) is 0 Å². The maximum atomic E-state index is 13.8. The van der Waals surface area contributed by atoms with Crippen LogP contribution in [0.1, 0.15) is 11.1 Å². The lowest BCUT2D eigenvalue weighted by Crippen LogP contribution is -2.37. The van der Waals surface area contributed by atoms with Crippen LogP contribution in [0.25, 0.3) is 10.8 Å². The van der Waals surface area contributed by atoms with Crippen molar-refractivity contribution in [3.05, 3.63) is 96.1 Å². The molecule has 4 rings (SSSR count). The van der Waals surface area contributed by atoms with Gasteiger partial charge >= 0.3 is 24.3 Å². The zero-order valence-corrected chi connectivity index (χ0v) is 23.6. The summed E-state index contributed by atoms with van der Waals surface area (Å²) in [6.45, 7) is -2.11. The summed E-state index contributed by atoms with van der Waals surface area (Å²) in [5.41, 5.74) is -2.91. The minimum atomic E-state index is -5.18. The lowest BCUT2D eigenvalue weighted by molar-refractivity contribution is -0.140. The summed E-state index contributed by atoms with van der Waals surface area (Å²) in [7, 11) is -5.18. The molecular formula is C28H20F6N2O6S2. The van der Waals surface area contributed by atoms with Crippen molar-refractivity contribution in [2.75, 3.05) is 21.7 Å². The summed E-state index contributed by atoms with van der Waals surface area (Å²) in [4.78, 5) is 22.0. The highest BCUT2D eigenvalue weighted by molar-refractivity contribution is 8.00. The van der Waals surface area contributed by atoms with E-state index >= 15 is 0 Å². The zero-order valence-electron chi connectivity index (χ0n) is 22.0. The van der Waals surface area contributed by atoms with E-state index in [1.165, 1.54) is 30.3 Å². The van der Waals surface area contributed by atoms with Gasteiger partial charge in [-0.3, -0.25) is 13.9 Å². The fraction of sp³-hybridized carbons (Fsp3) is 0.143. The van der Waals surface area contributed by atoms with Crippen molar-refractivity contribution in [1.82, 2.24) is 0 Å². The predicted molar refractivity (Wildman–Crippen MR) is 150 cm³/mol. The fourth-order valence-corrected chi connectivity index (χ4v) is 7.10. The standard InChI is InChI=1S/C28H20F6N2O6S2/c29-27(30,31)19-9-3-5-11-23(19)43-35(15-25(37)38)21-13-14-22(18-8-2-1-7-17(18)21)36(16-26(39)40)44(41,42)24-12-6-4-10-20(24)28(32,33)34/h1-14H,15-16H2,(H,37,38)(H,39,40). The average molecular weight is 659 g/mol. The van der Waals surface area contributed by atoms with Crippen molar-refractivity contribution in [2.45, 2.75) is 22.1 Å².